The van der Waals surface area contributed by atoms with E-state index in [1.807, 2.05) is 0 Å². The van der Waals surface area contributed by atoms with Gasteiger partial charge in [0.05, 0.1) is 37.0 Å². The number of hydrogen-bond acceptors (Lipinski definition) is 11. The first-order valence-corrected chi connectivity index (χ1v) is 15.0. The molecule has 2 amide bonds. The first-order chi connectivity index (χ1) is 23.7. The van der Waals surface area contributed by atoms with Crippen molar-refractivity contribution in [2.75, 3.05) is 48.6 Å². The van der Waals surface area contributed by atoms with Gasteiger partial charge in [-0.3, -0.25) is 14.5 Å². The lowest BCUT2D eigenvalue weighted by Crippen LogP contribution is -2.58. The fourth-order valence-electron chi connectivity index (χ4n) is 5.45. The van der Waals surface area contributed by atoms with Crippen LogP contribution < -0.4 is 24.3 Å². The quantitative estimate of drug-likeness (QED) is 0.140. The predicted molar refractivity (Wildman–Crippen MR) is 170 cm³/mol. The molecule has 3 unspecified atom stereocenters. The van der Waals surface area contributed by atoms with Gasteiger partial charge in [0.25, 0.3) is 5.91 Å². The van der Waals surface area contributed by atoms with Crippen molar-refractivity contribution in [3.63, 3.8) is 0 Å². The van der Waals surface area contributed by atoms with Crippen LogP contribution >= 0.6 is 0 Å². The molecule has 49 heavy (non-hydrogen) atoms. The van der Waals surface area contributed by atoms with Crippen molar-refractivity contribution in [3.8, 4) is 23.0 Å². The van der Waals surface area contributed by atoms with Crippen molar-refractivity contribution in [3.05, 3.63) is 83.2 Å². The molecule has 0 aromatic heterocycles. The molecule has 2 N–H and O–H groups in total. The number of halogens is 1. The number of ketones is 1. The smallest absolute Gasteiger partial charge is 0.410 e. The molecule has 0 spiro atoms. The average molecular weight is 685 g/mol. The highest BCUT2D eigenvalue weighted by molar-refractivity contribution is 6.03. The van der Waals surface area contributed by atoms with E-state index in [9.17, 15) is 24.3 Å². The molecular weight excluding hydrogens is 647 g/mol. The highest BCUT2D eigenvalue weighted by Crippen LogP contribution is 2.36. The third kappa shape index (κ3) is 8.36. The second kappa shape index (κ2) is 17.1. The van der Waals surface area contributed by atoms with E-state index >= 15 is 4.39 Å². The fourth-order valence-corrected chi connectivity index (χ4v) is 5.45. The molecule has 0 saturated carbocycles. The number of para-hydroxylation sites is 1. The molecule has 262 valence electrons. The highest BCUT2D eigenvalue weighted by Gasteiger charge is 2.46. The van der Waals surface area contributed by atoms with Crippen molar-refractivity contribution in [2.45, 2.75) is 25.1 Å². The summed E-state index contributed by atoms with van der Waals surface area (Å²) < 4.78 is 53.3. The normalized spacial score (nSPS) is 17.3. The fraction of sp³-hybridized carbons (Fsp3) is 0.353. The summed E-state index contributed by atoms with van der Waals surface area (Å²) in [4.78, 5) is 55.4. The van der Waals surface area contributed by atoms with Crippen LogP contribution in [0.2, 0.25) is 0 Å². The van der Waals surface area contributed by atoms with Gasteiger partial charge in [-0.15, -0.1) is 0 Å². The van der Waals surface area contributed by atoms with Crippen molar-refractivity contribution in [1.29, 1.82) is 0 Å². The molecule has 3 atom stereocenters. The van der Waals surface area contributed by atoms with Gasteiger partial charge >= 0.3 is 12.1 Å². The lowest BCUT2D eigenvalue weighted by Gasteiger charge is -2.35. The van der Waals surface area contributed by atoms with Crippen LogP contribution in [0.15, 0.2) is 60.7 Å². The van der Waals surface area contributed by atoms with Crippen LogP contribution in [0.3, 0.4) is 0 Å². The zero-order valence-corrected chi connectivity index (χ0v) is 27.3. The standard InChI is InChI=1S/C34H37FN2O12/c1-43-18-47-23-15-16-24(45-3)27(35)26(23)29(38)21-13-9-17-37(34(41)42)32(49-33(40)20-10-6-5-7-11-20)28(21)36-31(39)22-12-8-14-25(46-4)30(22)48-19-44-2/h5-8,10-12,14-16,21,28,32H,9,13,17-19H2,1-4H3,(H,36,39)(H,41,42). The summed E-state index contributed by atoms with van der Waals surface area (Å²) in [6, 6.07) is 13.3. The lowest BCUT2D eigenvalue weighted by molar-refractivity contribution is -0.0417. The van der Waals surface area contributed by atoms with Crippen LogP contribution in [0.1, 0.15) is 43.9 Å². The molecule has 1 fully saturated rings. The maximum atomic E-state index is 15.9. The first-order valence-electron chi connectivity index (χ1n) is 15.0. The third-order valence-corrected chi connectivity index (χ3v) is 7.71. The summed E-state index contributed by atoms with van der Waals surface area (Å²) >= 11 is 0. The topological polar surface area (TPSA) is 168 Å². The molecule has 0 bridgehead atoms. The summed E-state index contributed by atoms with van der Waals surface area (Å²) in [5.41, 5.74) is -0.510. The Kier molecular flexibility index (Phi) is 12.7. The minimum atomic E-state index is -1.75. The molecule has 0 radical (unpaired) electrons. The van der Waals surface area contributed by atoms with Crippen LogP contribution in [0, 0.1) is 11.7 Å². The number of amides is 2. The van der Waals surface area contributed by atoms with Gasteiger partial charge in [0.1, 0.15) is 5.75 Å². The maximum absolute atomic E-state index is 15.9. The highest BCUT2D eigenvalue weighted by atomic mass is 19.1. The van der Waals surface area contributed by atoms with Crippen LogP contribution in [0.5, 0.6) is 23.0 Å². The molecule has 1 heterocycles. The lowest BCUT2D eigenvalue weighted by atomic mass is 9.85. The number of benzene rings is 3. The van der Waals surface area contributed by atoms with Crippen LogP contribution in [-0.2, 0) is 14.2 Å². The number of Topliss-reactive ketones (excluding diaryl/α,β-unsaturated/α-hetero) is 1. The van der Waals surface area contributed by atoms with E-state index < -0.39 is 53.3 Å². The number of nitrogens with zero attached hydrogens (tertiary/aromatic N) is 1. The van der Waals surface area contributed by atoms with Crippen molar-refractivity contribution in [2.24, 2.45) is 5.92 Å². The van der Waals surface area contributed by atoms with E-state index in [0.29, 0.717) is 0 Å². The molecule has 1 saturated heterocycles. The number of likely N-dealkylation sites (tertiary alicyclic amines) is 1. The zero-order valence-electron chi connectivity index (χ0n) is 27.3. The number of methoxy groups -OCH3 is 4. The van der Waals surface area contributed by atoms with Gasteiger partial charge in [-0.25, -0.2) is 14.0 Å². The zero-order chi connectivity index (χ0) is 35.5. The Balaban J connectivity index is 1.88. The van der Waals surface area contributed by atoms with Gasteiger partial charge < -0.3 is 43.6 Å². The van der Waals surface area contributed by atoms with E-state index in [2.05, 4.69) is 5.32 Å². The number of carbonyl (C=O) groups is 4. The van der Waals surface area contributed by atoms with Crippen LogP contribution in [-0.4, -0.2) is 94.6 Å². The van der Waals surface area contributed by atoms with Gasteiger partial charge in [0.2, 0.25) is 6.23 Å². The molecule has 3 aromatic rings. The van der Waals surface area contributed by atoms with Gasteiger partial charge in [-0.05, 0) is 49.2 Å². The van der Waals surface area contributed by atoms with Crippen LogP contribution in [0.25, 0.3) is 0 Å². The van der Waals surface area contributed by atoms with Crippen molar-refractivity contribution in [1.82, 2.24) is 10.2 Å². The largest absolute Gasteiger partial charge is 0.494 e. The van der Waals surface area contributed by atoms with Crippen LogP contribution in [0.4, 0.5) is 9.18 Å². The Morgan fingerprint density at radius 2 is 1.53 bits per heavy atom. The molecular formula is C34H37FN2O12. The van der Waals surface area contributed by atoms with Crippen molar-refractivity contribution >= 4 is 23.8 Å². The summed E-state index contributed by atoms with van der Waals surface area (Å²) in [5, 5.41) is 13.0. The van der Waals surface area contributed by atoms with Crippen molar-refractivity contribution < 1.29 is 61.8 Å². The number of ether oxygens (including phenoxy) is 7. The molecule has 3 aromatic carbocycles. The Bertz CT molecular complexity index is 1640. The number of hydrogen-bond donors (Lipinski definition) is 2. The second-order valence-corrected chi connectivity index (χ2v) is 10.6. The minimum Gasteiger partial charge on any atom is -0.494 e. The average Bonchev–Trinajstić information content (AvgIpc) is 3.28. The maximum Gasteiger partial charge on any atom is 0.410 e. The Hall–Kier alpha value is -5.41. The molecule has 1 aliphatic rings. The molecule has 1 aliphatic heterocycles. The second-order valence-electron chi connectivity index (χ2n) is 10.6. The van der Waals surface area contributed by atoms with E-state index in [0.717, 1.165) is 4.90 Å². The predicted octanol–water partition coefficient (Wildman–Crippen LogP) is 4.36. The van der Waals surface area contributed by atoms with Gasteiger partial charge in [-0.2, -0.15) is 0 Å². The Morgan fingerprint density at radius 3 is 2.18 bits per heavy atom. The van der Waals surface area contributed by atoms with Gasteiger partial charge in [0.15, 0.2) is 42.4 Å². The Morgan fingerprint density at radius 1 is 0.857 bits per heavy atom. The monoisotopic (exact) mass is 684 g/mol. The van der Waals surface area contributed by atoms with Gasteiger partial charge in [0, 0.05) is 26.7 Å². The number of carbonyl (C=O) groups excluding carboxylic acids is 3. The van der Waals surface area contributed by atoms with E-state index in [1.54, 1.807) is 24.3 Å². The summed E-state index contributed by atoms with van der Waals surface area (Å²) in [7, 11) is 5.31. The number of carboxylic acid groups (broad SMARTS) is 1. The third-order valence-electron chi connectivity index (χ3n) is 7.71. The van der Waals surface area contributed by atoms with E-state index in [-0.39, 0.29) is 67.1 Å². The summed E-state index contributed by atoms with van der Waals surface area (Å²) in [6.45, 7) is -0.775. The minimum absolute atomic E-state index is 0.0112. The van der Waals surface area contributed by atoms with Gasteiger partial charge in [-0.1, -0.05) is 24.3 Å². The number of rotatable bonds is 14. The van der Waals surface area contributed by atoms with E-state index in [4.69, 9.17) is 33.2 Å². The summed E-state index contributed by atoms with van der Waals surface area (Å²) in [5.74, 6) is -5.34. The molecule has 0 aliphatic carbocycles. The molecule has 4 rings (SSSR count). The number of nitrogens with one attached hydrogen (secondary N) is 1. The molecule has 15 heteroatoms. The molecule has 14 nitrogen and oxygen atoms in total. The SMILES string of the molecule is COCOc1ccc(OC)c(F)c1C(=O)C1CCCN(C(=O)O)C(OC(=O)c2ccccc2)C1NC(=O)c1cccc(OC)c1OCOC. The number of esters is 1. The van der Waals surface area contributed by atoms with E-state index in [1.165, 1.54) is 64.8 Å². The Labute approximate surface area is 281 Å². The summed E-state index contributed by atoms with van der Waals surface area (Å²) in [6.07, 6.45) is -3.22. The first kappa shape index (κ1) is 36.4.